The Morgan fingerprint density at radius 2 is 2.43 bits per heavy atom. The molecule has 0 bridgehead atoms. The number of ether oxygens (including phenoxy) is 1. The maximum Gasteiger partial charge on any atom is 0.262 e. The summed E-state index contributed by atoms with van der Waals surface area (Å²) < 4.78 is 18.4. The van der Waals surface area contributed by atoms with Crippen molar-refractivity contribution in [2.75, 3.05) is 11.5 Å². The standard InChI is InChI=1S/C14H14ClFN2O2S/c1-9(20-12-3-2-10(16)6-11(12)15)13(19)18-14(7-17)4-5-21-8-14/h2-3,6,9H,4-5,8H2,1H3,(H,18,19)/t9-,14-/m0/s1. The zero-order valence-electron chi connectivity index (χ0n) is 11.4. The van der Waals surface area contributed by atoms with E-state index >= 15 is 0 Å². The lowest BCUT2D eigenvalue weighted by Gasteiger charge is -2.24. The average Bonchev–Trinajstić information content (AvgIpc) is 2.91. The van der Waals surface area contributed by atoms with Crippen molar-refractivity contribution < 1.29 is 13.9 Å². The Balaban J connectivity index is 2.01. The van der Waals surface area contributed by atoms with Gasteiger partial charge in [-0.25, -0.2) is 4.39 Å². The number of hydrogen-bond acceptors (Lipinski definition) is 4. The van der Waals surface area contributed by atoms with Crippen LogP contribution in [0.3, 0.4) is 0 Å². The van der Waals surface area contributed by atoms with Crippen molar-refractivity contribution in [3.05, 3.63) is 29.0 Å². The maximum absolute atomic E-state index is 13.0. The lowest BCUT2D eigenvalue weighted by atomic mass is 10.0. The van der Waals surface area contributed by atoms with Crippen LogP contribution in [0.15, 0.2) is 18.2 Å². The van der Waals surface area contributed by atoms with E-state index in [1.54, 1.807) is 18.7 Å². The summed E-state index contributed by atoms with van der Waals surface area (Å²) in [4.78, 5) is 12.1. The van der Waals surface area contributed by atoms with Gasteiger partial charge in [-0.3, -0.25) is 4.79 Å². The van der Waals surface area contributed by atoms with E-state index in [1.807, 2.05) is 0 Å². The average molecular weight is 329 g/mol. The van der Waals surface area contributed by atoms with Crippen molar-refractivity contribution in [3.8, 4) is 11.8 Å². The molecule has 0 saturated carbocycles. The van der Waals surface area contributed by atoms with Crippen LogP contribution in [-0.4, -0.2) is 29.1 Å². The predicted octanol–water partition coefficient (Wildman–Crippen LogP) is 2.76. The molecule has 112 valence electrons. The summed E-state index contributed by atoms with van der Waals surface area (Å²) >= 11 is 7.48. The molecule has 1 aromatic carbocycles. The number of thioether (sulfide) groups is 1. The molecule has 0 unspecified atom stereocenters. The SMILES string of the molecule is C[C@H](Oc1ccc(F)cc1Cl)C(=O)N[C@]1(C#N)CCSC1. The van der Waals surface area contributed by atoms with Crippen molar-refractivity contribution in [1.82, 2.24) is 5.32 Å². The number of carbonyl (C=O) groups excluding carboxylic acids is 1. The van der Waals surface area contributed by atoms with E-state index in [0.29, 0.717) is 12.2 Å². The highest BCUT2D eigenvalue weighted by molar-refractivity contribution is 7.99. The van der Waals surface area contributed by atoms with Crippen LogP contribution in [0.25, 0.3) is 0 Å². The lowest BCUT2D eigenvalue weighted by Crippen LogP contribution is -2.51. The molecule has 0 radical (unpaired) electrons. The number of nitrogens with one attached hydrogen (secondary N) is 1. The first-order chi connectivity index (χ1) is 9.96. The van der Waals surface area contributed by atoms with Gasteiger partial charge in [0.15, 0.2) is 6.10 Å². The van der Waals surface area contributed by atoms with Gasteiger partial charge in [-0.15, -0.1) is 0 Å². The van der Waals surface area contributed by atoms with E-state index in [2.05, 4.69) is 11.4 Å². The van der Waals surface area contributed by atoms with Gasteiger partial charge in [-0.1, -0.05) is 11.6 Å². The molecule has 0 spiro atoms. The second-order valence-corrected chi connectivity index (χ2v) is 6.33. The third-order valence-corrected chi connectivity index (χ3v) is 4.65. The molecule has 1 amide bonds. The van der Waals surface area contributed by atoms with Crippen molar-refractivity contribution in [3.63, 3.8) is 0 Å². The number of amides is 1. The molecule has 1 N–H and O–H groups in total. The second kappa shape index (κ2) is 6.54. The molecular weight excluding hydrogens is 315 g/mol. The van der Waals surface area contributed by atoms with Crippen LogP contribution in [0.4, 0.5) is 4.39 Å². The summed E-state index contributed by atoms with van der Waals surface area (Å²) in [6.07, 6.45) is -0.215. The van der Waals surface area contributed by atoms with Gasteiger partial charge in [0.05, 0.1) is 11.1 Å². The Morgan fingerprint density at radius 1 is 1.67 bits per heavy atom. The number of benzene rings is 1. The van der Waals surface area contributed by atoms with Gasteiger partial charge in [0.25, 0.3) is 5.91 Å². The Labute approximate surface area is 131 Å². The predicted molar refractivity (Wildman–Crippen MR) is 79.9 cm³/mol. The number of rotatable bonds is 4. The molecule has 1 saturated heterocycles. The first-order valence-corrected chi connectivity index (χ1v) is 7.92. The Kier molecular flexibility index (Phi) is 4.96. The minimum absolute atomic E-state index is 0.0982. The highest BCUT2D eigenvalue weighted by Crippen LogP contribution is 2.28. The molecule has 1 heterocycles. The smallest absolute Gasteiger partial charge is 0.262 e. The number of nitrogens with zero attached hydrogens (tertiary/aromatic N) is 1. The van der Waals surface area contributed by atoms with Crippen molar-refractivity contribution in [2.45, 2.75) is 25.0 Å². The summed E-state index contributed by atoms with van der Waals surface area (Å²) in [6, 6.07) is 5.85. The van der Waals surface area contributed by atoms with Crippen LogP contribution in [-0.2, 0) is 4.79 Å². The van der Waals surface area contributed by atoms with Gasteiger partial charge >= 0.3 is 0 Å². The molecule has 7 heteroatoms. The maximum atomic E-state index is 13.0. The zero-order valence-corrected chi connectivity index (χ0v) is 12.9. The minimum Gasteiger partial charge on any atom is -0.479 e. The van der Waals surface area contributed by atoms with Gasteiger partial charge in [-0.05, 0) is 37.3 Å². The Bertz CT molecular complexity index is 585. The van der Waals surface area contributed by atoms with Gasteiger partial charge in [0, 0.05) is 5.75 Å². The van der Waals surface area contributed by atoms with Crippen LogP contribution in [0.5, 0.6) is 5.75 Å². The molecule has 1 aliphatic rings. The molecule has 1 fully saturated rings. The van der Waals surface area contributed by atoms with E-state index in [1.165, 1.54) is 12.1 Å². The molecule has 1 aromatic rings. The fourth-order valence-electron chi connectivity index (χ4n) is 1.93. The molecule has 2 rings (SSSR count). The summed E-state index contributed by atoms with van der Waals surface area (Å²) in [7, 11) is 0. The van der Waals surface area contributed by atoms with Gasteiger partial charge in [-0.2, -0.15) is 17.0 Å². The number of nitriles is 1. The monoisotopic (exact) mass is 328 g/mol. The third kappa shape index (κ3) is 3.80. The largest absolute Gasteiger partial charge is 0.479 e. The quantitative estimate of drug-likeness (QED) is 0.923. The van der Waals surface area contributed by atoms with Gasteiger partial charge in [0.2, 0.25) is 0 Å². The summed E-state index contributed by atoms with van der Waals surface area (Å²) in [5, 5.41) is 12.1. The fraction of sp³-hybridized carbons (Fsp3) is 0.429. The molecular formula is C14H14ClFN2O2S. The van der Waals surface area contributed by atoms with Crippen molar-refractivity contribution in [2.24, 2.45) is 0 Å². The summed E-state index contributed by atoms with van der Waals surface area (Å²) in [5.41, 5.74) is -0.827. The van der Waals surface area contributed by atoms with Gasteiger partial charge < -0.3 is 10.1 Å². The van der Waals surface area contributed by atoms with Gasteiger partial charge in [0.1, 0.15) is 17.1 Å². The van der Waals surface area contributed by atoms with Crippen LogP contribution >= 0.6 is 23.4 Å². The molecule has 2 atom stereocenters. The van der Waals surface area contributed by atoms with Crippen LogP contribution in [0, 0.1) is 17.1 Å². The van der Waals surface area contributed by atoms with Crippen LogP contribution in [0.1, 0.15) is 13.3 Å². The molecule has 21 heavy (non-hydrogen) atoms. The number of hydrogen-bond donors (Lipinski definition) is 1. The van der Waals surface area contributed by atoms with E-state index in [9.17, 15) is 14.4 Å². The number of halogens is 2. The lowest BCUT2D eigenvalue weighted by molar-refractivity contribution is -0.128. The van der Waals surface area contributed by atoms with E-state index in [-0.39, 0.29) is 16.7 Å². The first-order valence-electron chi connectivity index (χ1n) is 6.38. The second-order valence-electron chi connectivity index (χ2n) is 4.82. The van der Waals surface area contributed by atoms with Crippen LogP contribution < -0.4 is 10.1 Å². The van der Waals surface area contributed by atoms with Crippen LogP contribution in [0.2, 0.25) is 5.02 Å². The third-order valence-electron chi connectivity index (χ3n) is 3.17. The Hall–Kier alpha value is -1.45. The Morgan fingerprint density at radius 3 is 3.00 bits per heavy atom. The summed E-state index contributed by atoms with van der Waals surface area (Å²) in [6.45, 7) is 1.56. The first kappa shape index (κ1) is 15.9. The van der Waals surface area contributed by atoms with Crippen molar-refractivity contribution in [1.29, 1.82) is 5.26 Å². The number of carbonyl (C=O) groups is 1. The molecule has 1 aliphatic heterocycles. The molecule has 0 aromatic heterocycles. The van der Waals surface area contributed by atoms with E-state index in [4.69, 9.17) is 16.3 Å². The topological polar surface area (TPSA) is 62.1 Å². The molecule has 4 nitrogen and oxygen atoms in total. The van der Waals surface area contributed by atoms with E-state index < -0.39 is 17.5 Å². The highest BCUT2D eigenvalue weighted by atomic mass is 35.5. The zero-order chi connectivity index (χ0) is 15.5. The highest BCUT2D eigenvalue weighted by Gasteiger charge is 2.37. The normalized spacial score (nSPS) is 22.4. The fourth-order valence-corrected chi connectivity index (χ4v) is 3.41. The van der Waals surface area contributed by atoms with Crippen molar-refractivity contribution >= 4 is 29.3 Å². The minimum atomic E-state index is -0.830. The van der Waals surface area contributed by atoms with E-state index in [0.717, 1.165) is 11.8 Å². The summed E-state index contributed by atoms with van der Waals surface area (Å²) in [5.74, 6) is 0.773. The molecule has 0 aliphatic carbocycles.